The summed E-state index contributed by atoms with van der Waals surface area (Å²) in [5.74, 6) is 0.0562. The molecule has 0 radical (unpaired) electrons. The normalized spacial score (nSPS) is 10.8. The number of carbonyl (C=O) groups is 1. The van der Waals surface area contributed by atoms with Gasteiger partial charge in [0.05, 0.1) is 0 Å². The molecule has 1 aromatic rings. The minimum Gasteiger partial charge on any atom is -0.383 e. The van der Waals surface area contributed by atoms with Crippen LogP contribution in [0.1, 0.15) is 35.7 Å². The summed E-state index contributed by atoms with van der Waals surface area (Å²) in [5, 5.41) is 0. The molecule has 0 saturated heterocycles. The lowest BCUT2D eigenvalue weighted by Crippen LogP contribution is -2.03. The third-order valence-electron chi connectivity index (χ3n) is 2.58. The number of hydrogen-bond acceptors (Lipinski definition) is 2. The second-order valence-electron chi connectivity index (χ2n) is 4.44. The summed E-state index contributed by atoms with van der Waals surface area (Å²) in [7, 11) is 3.80. The van der Waals surface area contributed by atoms with Crippen molar-refractivity contribution in [2.45, 2.75) is 26.2 Å². The largest absolute Gasteiger partial charge is 0.383 e. The molecular weight excluding hydrogens is 210 g/mol. The summed E-state index contributed by atoms with van der Waals surface area (Å²) in [5.41, 5.74) is 2.06. The first-order valence-electron chi connectivity index (χ1n) is 6.11. The SMILES string of the molecule is CCCCc1ccc(C(=O)C=CN(C)C)cc1. The number of carbonyl (C=O) groups excluding carboxylic acids is 1. The third-order valence-corrected chi connectivity index (χ3v) is 2.58. The molecule has 0 atom stereocenters. The number of unbranched alkanes of at least 4 members (excludes halogenated alkanes) is 1. The van der Waals surface area contributed by atoms with E-state index in [1.807, 2.05) is 43.3 Å². The van der Waals surface area contributed by atoms with Gasteiger partial charge >= 0.3 is 0 Å². The van der Waals surface area contributed by atoms with Crippen LogP contribution < -0.4 is 0 Å². The fourth-order valence-corrected chi connectivity index (χ4v) is 1.53. The summed E-state index contributed by atoms with van der Waals surface area (Å²) >= 11 is 0. The van der Waals surface area contributed by atoms with E-state index in [9.17, 15) is 4.79 Å². The maximum atomic E-state index is 11.8. The third kappa shape index (κ3) is 4.85. The zero-order valence-electron chi connectivity index (χ0n) is 10.9. The molecule has 0 aliphatic carbocycles. The molecule has 0 N–H and O–H groups in total. The number of hydrogen-bond donors (Lipinski definition) is 0. The van der Waals surface area contributed by atoms with Crippen LogP contribution in [0, 0.1) is 0 Å². The summed E-state index contributed by atoms with van der Waals surface area (Å²) in [6.07, 6.45) is 6.87. The molecule has 17 heavy (non-hydrogen) atoms. The van der Waals surface area contributed by atoms with E-state index in [4.69, 9.17) is 0 Å². The van der Waals surface area contributed by atoms with Crippen molar-refractivity contribution in [3.63, 3.8) is 0 Å². The standard InChI is InChI=1S/C15H21NO/c1-4-5-6-13-7-9-14(10-8-13)15(17)11-12-16(2)3/h7-12H,4-6H2,1-3H3. The van der Waals surface area contributed by atoms with Crippen molar-refractivity contribution in [3.8, 4) is 0 Å². The number of allylic oxidation sites excluding steroid dienone is 1. The molecule has 0 spiro atoms. The van der Waals surface area contributed by atoms with Gasteiger partial charge in [-0.05, 0) is 18.4 Å². The van der Waals surface area contributed by atoms with E-state index in [1.54, 1.807) is 12.3 Å². The average Bonchev–Trinajstić information content (AvgIpc) is 2.34. The van der Waals surface area contributed by atoms with Gasteiger partial charge in [0.15, 0.2) is 5.78 Å². The molecule has 0 saturated carbocycles. The van der Waals surface area contributed by atoms with E-state index in [0.29, 0.717) is 0 Å². The van der Waals surface area contributed by atoms with Crippen molar-refractivity contribution in [1.82, 2.24) is 4.90 Å². The molecule has 0 bridgehead atoms. The van der Waals surface area contributed by atoms with Gasteiger partial charge in [0.1, 0.15) is 0 Å². The van der Waals surface area contributed by atoms with Gasteiger partial charge in [-0.2, -0.15) is 0 Å². The highest BCUT2D eigenvalue weighted by molar-refractivity contribution is 6.04. The number of benzene rings is 1. The molecule has 0 amide bonds. The minimum atomic E-state index is 0.0562. The number of nitrogens with zero attached hydrogens (tertiary/aromatic N) is 1. The lowest BCUT2D eigenvalue weighted by Gasteiger charge is -2.03. The Morgan fingerprint density at radius 3 is 2.41 bits per heavy atom. The van der Waals surface area contributed by atoms with E-state index in [-0.39, 0.29) is 5.78 Å². The average molecular weight is 231 g/mol. The molecule has 0 aliphatic heterocycles. The summed E-state index contributed by atoms with van der Waals surface area (Å²) in [6, 6.07) is 7.92. The van der Waals surface area contributed by atoms with E-state index < -0.39 is 0 Å². The molecular formula is C15H21NO. The Morgan fingerprint density at radius 2 is 1.88 bits per heavy atom. The highest BCUT2D eigenvalue weighted by atomic mass is 16.1. The first kappa shape index (κ1) is 13.5. The lowest BCUT2D eigenvalue weighted by molar-refractivity contribution is 0.104. The topological polar surface area (TPSA) is 20.3 Å². The zero-order chi connectivity index (χ0) is 12.7. The van der Waals surface area contributed by atoms with Crippen LogP contribution in [0.25, 0.3) is 0 Å². The molecule has 0 aromatic heterocycles. The van der Waals surface area contributed by atoms with Crippen LogP contribution in [-0.4, -0.2) is 24.8 Å². The number of aryl methyl sites for hydroxylation is 1. The van der Waals surface area contributed by atoms with Crippen LogP contribution >= 0.6 is 0 Å². The highest BCUT2D eigenvalue weighted by Crippen LogP contribution is 2.09. The van der Waals surface area contributed by atoms with E-state index in [0.717, 1.165) is 12.0 Å². The first-order chi connectivity index (χ1) is 8.13. The van der Waals surface area contributed by atoms with Crippen LogP contribution in [-0.2, 0) is 6.42 Å². The number of ketones is 1. The van der Waals surface area contributed by atoms with Crippen LogP contribution in [0.15, 0.2) is 36.5 Å². The Labute approximate surface area is 104 Å². The molecule has 0 aliphatic rings. The molecule has 2 heteroatoms. The fourth-order valence-electron chi connectivity index (χ4n) is 1.53. The maximum absolute atomic E-state index is 11.8. The van der Waals surface area contributed by atoms with E-state index >= 15 is 0 Å². The Morgan fingerprint density at radius 1 is 1.24 bits per heavy atom. The molecule has 1 rings (SSSR count). The van der Waals surface area contributed by atoms with Crippen molar-refractivity contribution < 1.29 is 4.79 Å². The van der Waals surface area contributed by atoms with Crippen molar-refractivity contribution in [1.29, 1.82) is 0 Å². The van der Waals surface area contributed by atoms with E-state index in [2.05, 4.69) is 6.92 Å². The monoisotopic (exact) mass is 231 g/mol. The van der Waals surface area contributed by atoms with Crippen molar-refractivity contribution in [2.75, 3.05) is 14.1 Å². The maximum Gasteiger partial charge on any atom is 0.187 e. The van der Waals surface area contributed by atoms with Gasteiger partial charge in [-0.25, -0.2) is 0 Å². The van der Waals surface area contributed by atoms with Gasteiger partial charge < -0.3 is 4.90 Å². The highest BCUT2D eigenvalue weighted by Gasteiger charge is 2.01. The molecule has 0 unspecified atom stereocenters. The Bertz CT molecular complexity index is 376. The van der Waals surface area contributed by atoms with E-state index in [1.165, 1.54) is 18.4 Å². The van der Waals surface area contributed by atoms with Gasteiger partial charge in [-0.3, -0.25) is 4.79 Å². The van der Waals surface area contributed by atoms with Gasteiger partial charge in [-0.1, -0.05) is 37.6 Å². The smallest absolute Gasteiger partial charge is 0.187 e. The second kappa shape index (κ2) is 6.89. The molecule has 0 heterocycles. The molecule has 2 nitrogen and oxygen atoms in total. The summed E-state index contributed by atoms with van der Waals surface area (Å²) in [4.78, 5) is 13.6. The van der Waals surface area contributed by atoms with Crippen LogP contribution in [0.3, 0.4) is 0 Å². The first-order valence-corrected chi connectivity index (χ1v) is 6.11. The minimum absolute atomic E-state index is 0.0562. The number of rotatable bonds is 6. The second-order valence-corrected chi connectivity index (χ2v) is 4.44. The molecule has 1 aromatic carbocycles. The van der Waals surface area contributed by atoms with Gasteiger partial charge in [0.2, 0.25) is 0 Å². The Hall–Kier alpha value is -1.57. The predicted molar refractivity (Wildman–Crippen MR) is 72.2 cm³/mol. The predicted octanol–water partition coefficient (Wildman–Crippen LogP) is 3.29. The van der Waals surface area contributed by atoms with Crippen molar-refractivity contribution in [2.24, 2.45) is 0 Å². The lowest BCUT2D eigenvalue weighted by atomic mass is 10.0. The van der Waals surface area contributed by atoms with Crippen molar-refractivity contribution >= 4 is 5.78 Å². The Kier molecular flexibility index (Phi) is 5.47. The Balaban J connectivity index is 2.64. The fraction of sp³-hybridized carbons (Fsp3) is 0.400. The van der Waals surface area contributed by atoms with Gasteiger partial charge in [0.25, 0.3) is 0 Å². The summed E-state index contributed by atoms with van der Waals surface area (Å²) in [6.45, 7) is 2.18. The van der Waals surface area contributed by atoms with Crippen molar-refractivity contribution in [3.05, 3.63) is 47.7 Å². The van der Waals surface area contributed by atoms with Crippen LogP contribution in [0.4, 0.5) is 0 Å². The van der Waals surface area contributed by atoms with Crippen LogP contribution in [0.2, 0.25) is 0 Å². The van der Waals surface area contributed by atoms with Crippen LogP contribution in [0.5, 0.6) is 0 Å². The van der Waals surface area contributed by atoms with Gasteiger partial charge in [0, 0.05) is 31.9 Å². The quantitative estimate of drug-likeness (QED) is 0.553. The molecule has 92 valence electrons. The molecule has 0 fully saturated rings. The van der Waals surface area contributed by atoms with Gasteiger partial charge in [-0.15, -0.1) is 0 Å². The summed E-state index contributed by atoms with van der Waals surface area (Å²) < 4.78 is 0. The zero-order valence-corrected chi connectivity index (χ0v) is 10.9.